The zero-order valence-electron chi connectivity index (χ0n) is 14.7. The molecule has 7 heteroatoms. The third-order valence-corrected chi connectivity index (χ3v) is 3.83. The van der Waals surface area contributed by atoms with E-state index >= 15 is 0 Å². The lowest BCUT2D eigenvalue weighted by Gasteiger charge is -2.03. The fraction of sp³-hybridized carbons (Fsp3) is 0.100. The molecule has 0 aliphatic heterocycles. The Morgan fingerprint density at radius 3 is 2.81 bits per heavy atom. The molecule has 0 spiro atoms. The Hall–Kier alpha value is -3.74. The van der Waals surface area contributed by atoms with Gasteiger partial charge in [-0.05, 0) is 24.1 Å². The van der Waals surface area contributed by atoms with Crippen molar-refractivity contribution in [3.8, 4) is 0 Å². The number of amides is 1. The summed E-state index contributed by atoms with van der Waals surface area (Å²) in [6, 6.07) is 15.9. The van der Waals surface area contributed by atoms with Crippen molar-refractivity contribution >= 4 is 23.5 Å². The lowest BCUT2D eigenvalue weighted by Crippen LogP contribution is -2.09. The normalized spacial score (nSPS) is 10.9. The number of carbonyl (C=O) groups is 1. The standard InChI is InChI=1S/C20H18N4O3/c1-15-4-2-6-17(12-15)14-23-11-10-19(22-23)21-20(25)9-8-16-5-3-7-18(13-16)24(26)27/h2-13H,14H2,1H3,(H,21,22,25)/b9-8+. The second-order valence-corrected chi connectivity index (χ2v) is 6.06. The summed E-state index contributed by atoms with van der Waals surface area (Å²) in [6.45, 7) is 2.65. The van der Waals surface area contributed by atoms with Crippen LogP contribution < -0.4 is 5.32 Å². The Kier molecular flexibility index (Phi) is 5.41. The average molecular weight is 362 g/mol. The molecule has 3 rings (SSSR count). The molecule has 1 amide bonds. The molecule has 0 bridgehead atoms. The first-order chi connectivity index (χ1) is 13.0. The van der Waals surface area contributed by atoms with Gasteiger partial charge in [0, 0.05) is 30.5 Å². The molecule has 0 unspecified atom stereocenters. The first-order valence-corrected chi connectivity index (χ1v) is 8.32. The van der Waals surface area contributed by atoms with Crippen LogP contribution in [-0.2, 0) is 11.3 Å². The van der Waals surface area contributed by atoms with Gasteiger partial charge in [-0.1, -0.05) is 42.0 Å². The first-order valence-electron chi connectivity index (χ1n) is 8.32. The molecule has 0 atom stereocenters. The molecule has 27 heavy (non-hydrogen) atoms. The number of rotatable bonds is 6. The summed E-state index contributed by atoms with van der Waals surface area (Å²) in [5, 5.41) is 17.8. The molecule has 0 aliphatic carbocycles. The van der Waals surface area contributed by atoms with Gasteiger partial charge in [-0.2, -0.15) is 5.10 Å². The molecule has 1 aromatic heterocycles. The van der Waals surface area contributed by atoms with E-state index in [0.717, 1.165) is 5.56 Å². The Labute approximate surface area is 156 Å². The van der Waals surface area contributed by atoms with Crippen LogP contribution in [0.1, 0.15) is 16.7 Å². The van der Waals surface area contributed by atoms with Crippen molar-refractivity contribution in [3.63, 3.8) is 0 Å². The number of nitrogens with one attached hydrogen (secondary N) is 1. The van der Waals surface area contributed by atoms with E-state index in [2.05, 4.69) is 16.5 Å². The molecule has 136 valence electrons. The lowest BCUT2D eigenvalue weighted by atomic mass is 10.1. The minimum absolute atomic E-state index is 0.0209. The molecule has 0 fully saturated rings. The Bertz CT molecular complexity index is 1010. The molecular formula is C20H18N4O3. The highest BCUT2D eigenvalue weighted by Gasteiger charge is 2.05. The molecule has 7 nitrogen and oxygen atoms in total. The van der Waals surface area contributed by atoms with Crippen LogP contribution >= 0.6 is 0 Å². The number of carbonyl (C=O) groups excluding carboxylic acids is 1. The molecule has 3 aromatic rings. The van der Waals surface area contributed by atoms with E-state index in [1.807, 2.05) is 25.1 Å². The van der Waals surface area contributed by atoms with Crippen molar-refractivity contribution < 1.29 is 9.72 Å². The molecule has 0 saturated carbocycles. The minimum Gasteiger partial charge on any atom is -0.306 e. The molecule has 0 radical (unpaired) electrons. The van der Waals surface area contributed by atoms with Gasteiger partial charge < -0.3 is 5.32 Å². The van der Waals surface area contributed by atoms with Gasteiger partial charge >= 0.3 is 0 Å². The van der Waals surface area contributed by atoms with E-state index in [0.29, 0.717) is 17.9 Å². The molecule has 0 saturated heterocycles. The first kappa shape index (κ1) is 18.1. The molecular weight excluding hydrogens is 344 g/mol. The maximum Gasteiger partial charge on any atom is 0.270 e. The SMILES string of the molecule is Cc1cccc(Cn2ccc(NC(=O)/C=C/c3cccc([N+](=O)[O-])c3)n2)c1. The fourth-order valence-corrected chi connectivity index (χ4v) is 2.60. The van der Waals surface area contributed by atoms with Gasteiger partial charge in [-0.15, -0.1) is 0 Å². The van der Waals surface area contributed by atoms with E-state index in [1.54, 1.807) is 29.1 Å². The van der Waals surface area contributed by atoms with Crippen LogP contribution in [0.2, 0.25) is 0 Å². The number of non-ortho nitro benzene ring substituents is 1. The summed E-state index contributed by atoms with van der Waals surface area (Å²) < 4.78 is 1.74. The average Bonchev–Trinajstić information content (AvgIpc) is 3.07. The minimum atomic E-state index is -0.474. The van der Waals surface area contributed by atoms with Crippen molar-refractivity contribution in [2.24, 2.45) is 0 Å². The zero-order valence-corrected chi connectivity index (χ0v) is 14.7. The second-order valence-electron chi connectivity index (χ2n) is 6.06. The van der Waals surface area contributed by atoms with Crippen LogP contribution in [-0.4, -0.2) is 20.6 Å². The van der Waals surface area contributed by atoms with Crippen LogP contribution in [0.5, 0.6) is 0 Å². The topological polar surface area (TPSA) is 90.1 Å². The van der Waals surface area contributed by atoms with Gasteiger partial charge in [0.1, 0.15) is 0 Å². The highest BCUT2D eigenvalue weighted by atomic mass is 16.6. The monoisotopic (exact) mass is 362 g/mol. The number of anilines is 1. The number of hydrogen-bond acceptors (Lipinski definition) is 4. The van der Waals surface area contributed by atoms with Crippen LogP contribution in [0.3, 0.4) is 0 Å². The van der Waals surface area contributed by atoms with E-state index < -0.39 is 4.92 Å². The van der Waals surface area contributed by atoms with E-state index in [4.69, 9.17) is 0 Å². The summed E-state index contributed by atoms with van der Waals surface area (Å²) >= 11 is 0. The Balaban J connectivity index is 1.60. The Morgan fingerprint density at radius 1 is 1.22 bits per heavy atom. The van der Waals surface area contributed by atoms with Gasteiger partial charge in [0.25, 0.3) is 5.69 Å². The predicted molar refractivity (Wildman–Crippen MR) is 103 cm³/mol. The van der Waals surface area contributed by atoms with Crippen molar-refractivity contribution in [2.75, 3.05) is 5.32 Å². The predicted octanol–water partition coefficient (Wildman–Crippen LogP) is 3.80. The number of nitro benzene ring substituents is 1. The number of aromatic nitrogens is 2. The van der Waals surface area contributed by atoms with Crippen molar-refractivity contribution in [2.45, 2.75) is 13.5 Å². The highest BCUT2D eigenvalue weighted by Crippen LogP contribution is 2.14. The van der Waals surface area contributed by atoms with Crippen LogP contribution in [0.25, 0.3) is 6.08 Å². The lowest BCUT2D eigenvalue weighted by molar-refractivity contribution is -0.384. The smallest absolute Gasteiger partial charge is 0.270 e. The third kappa shape index (κ3) is 5.12. The maximum atomic E-state index is 12.0. The third-order valence-electron chi connectivity index (χ3n) is 3.83. The maximum absolute atomic E-state index is 12.0. The quantitative estimate of drug-likeness (QED) is 0.410. The summed E-state index contributed by atoms with van der Waals surface area (Å²) in [5.41, 5.74) is 2.86. The van der Waals surface area contributed by atoms with Crippen LogP contribution in [0, 0.1) is 17.0 Å². The van der Waals surface area contributed by atoms with Gasteiger partial charge in [0.05, 0.1) is 11.5 Å². The van der Waals surface area contributed by atoms with Crippen LogP contribution in [0.4, 0.5) is 11.5 Å². The molecule has 0 aliphatic rings. The summed E-state index contributed by atoms with van der Waals surface area (Å²) in [5.74, 6) is 0.0821. The largest absolute Gasteiger partial charge is 0.306 e. The van der Waals surface area contributed by atoms with Crippen molar-refractivity contribution in [3.05, 3.63) is 93.7 Å². The Morgan fingerprint density at radius 2 is 2.04 bits per heavy atom. The number of benzene rings is 2. The highest BCUT2D eigenvalue weighted by molar-refractivity contribution is 6.01. The van der Waals surface area contributed by atoms with E-state index in [9.17, 15) is 14.9 Å². The molecule has 2 aromatic carbocycles. The van der Waals surface area contributed by atoms with E-state index in [-0.39, 0.29) is 11.6 Å². The number of hydrogen-bond donors (Lipinski definition) is 1. The summed E-state index contributed by atoms with van der Waals surface area (Å²) in [7, 11) is 0. The van der Waals surface area contributed by atoms with Gasteiger partial charge in [0.2, 0.25) is 5.91 Å². The molecule has 1 heterocycles. The second kappa shape index (κ2) is 8.09. The van der Waals surface area contributed by atoms with Crippen LogP contribution in [0.15, 0.2) is 66.9 Å². The molecule has 1 N–H and O–H groups in total. The fourth-order valence-electron chi connectivity index (χ4n) is 2.60. The van der Waals surface area contributed by atoms with Crippen molar-refractivity contribution in [1.29, 1.82) is 0 Å². The number of nitro groups is 1. The van der Waals surface area contributed by atoms with E-state index in [1.165, 1.54) is 29.8 Å². The van der Waals surface area contributed by atoms with Gasteiger partial charge in [-0.25, -0.2) is 0 Å². The number of nitrogens with zero attached hydrogens (tertiary/aromatic N) is 3. The van der Waals surface area contributed by atoms with Crippen molar-refractivity contribution in [1.82, 2.24) is 9.78 Å². The summed E-state index contributed by atoms with van der Waals surface area (Å²) in [6.07, 6.45) is 4.63. The van der Waals surface area contributed by atoms with Gasteiger partial charge in [-0.3, -0.25) is 19.6 Å². The summed E-state index contributed by atoms with van der Waals surface area (Å²) in [4.78, 5) is 22.3. The zero-order chi connectivity index (χ0) is 19.2. The van der Waals surface area contributed by atoms with Gasteiger partial charge in [0.15, 0.2) is 5.82 Å². The number of aryl methyl sites for hydroxylation is 1.